The van der Waals surface area contributed by atoms with Gasteiger partial charge in [-0.2, -0.15) is 0 Å². The van der Waals surface area contributed by atoms with Gasteiger partial charge in [0, 0.05) is 0 Å². The molecular weight excluding hydrogens is 120 g/mol. The molecule has 0 aromatic heterocycles. The van der Waals surface area contributed by atoms with Crippen LogP contribution < -0.4 is 0 Å². The number of rotatable bonds is 2. The van der Waals surface area contributed by atoms with Gasteiger partial charge in [-0.3, -0.25) is 0 Å². The van der Waals surface area contributed by atoms with Gasteiger partial charge in [0.25, 0.3) is 0 Å². The summed E-state index contributed by atoms with van der Waals surface area (Å²) in [6, 6.07) is 0. The second-order valence-corrected chi connectivity index (χ2v) is 2.88. The summed E-state index contributed by atoms with van der Waals surface area (Å²) in [4.78, 5) is 0. The van der Waals surface area contributed by atoms with Crippen molar-refractivity contribution in [1.82, 2.24) is 0 Å². The van der Waals surface area contributed by atoms with E-state index in [0.717, 1.165) is 12.3 Å². The molecule has 0 heterocycles. The van der Waals surface area contributed by atoms with Crippen molar-refractivity contribution in [3.8, 4) is 0 Å². The van der Waals surface area contributed by atoms with E-state index in [-0.39, 0.29) is 0 Å². The summed E-state index contributed by atoms with van der Waals surface area (Å²) < 4.78 is 0. The smallest absolute Gasteiger partial charge is 0.0138 e. The topological polar surface area (TPSA) is 0 Å². The fourth-order valence-corrected chi connectivity index (χ4v) is 1.27. The molecule has 0 aromatic carbocycles. The molecule has 0 fully saturated rings. The Morgan fingerprint density at radius 1 is 1.80 bits per heavy atom. The molecule has 1 aliphatic rings. The van der Waals surface area contributed by atoms with Crippen molar-refractivity contribution < 1.29 is 0 Å². The van der Waals surface area contributed by atoms with Crippen LogP contribution in [0.25, 0.3) is 0 Å². The molecule has 0 saturated heterocycles. The van der Waals surface area contributed by atoms with Gasteiger partial charge in [-0.15, -0.1) is 6.58 Å². The monoisotopic (exact) mass is 134 g/mol. The zero-order chi connectivity index (χ0) is 7.40. The Morgan fingerprint density at radius 2 is 2.60 bits per heavy atom. The summed E-state index contributed by atoms with van der Waals surface area (Å²) in [5, 5.41) is 0. The summed E-state index contributed by atoms with van der Waals surface area (Å²) in [6.07, 6.45) is 10.8. The fraction of sp³-hybridized carbons (Fsp3) is 0.400. The molecule has 0 aliphatic heterocycles. The van der Waals surface area contributed by atoms with E-state index in [4.69, 9.17) is 0 Å². The predicted molar refractivity (Wildman–Crippen MR) is 45.8 cm³/mol. The first-order chi connectivity index (χ1) is 4.83. The minimum atomic E-state index is 0.722. The summed E-state index contributed by atoms with van der Waals surface area (Å²) in [5.74, 6) is 0.722. The maximum absolute atomic E-state index is 3.71. The molecule has 0 radical (unpaired) electrons. The van der Waals surface area contributed by atoms with E-state index in [9.17, 15) is 0 Å². The molecule has 0 bridgehead atoms. The lowest BCUT2D eigenvalue weighted by Gasteiger charge is -2.12. The summed E-state index contributed by atoms with van der Waals surface area (Å²) in [5.41, 5.74) is 1.50. The number of hydrogen-bond donors (Lipinski definition) is 0. The Bertz CT molecular complexity index is 172. The molecule has 1 unspecified atom stereocenters. The molecule has 1 aliphatic carbocycles. The molecule has 0 N–H and O–H groups in total. The average Bonchev–Trinajstić information content (AvgIpc) is 1.88. The van der Waals surface area contributed by atoms with E-state index >= 15 is 0 Å². The van der Waals surface area contributed by atoms with Crippen LogP contribution in [0.5, 0.6) is 0 Å². The van der Waals surface area contributed by atoms with Crippen LogP contribution in [0.15, 0.2) is 36.5 Å². The third-order valence-electron chi connectivity index (χ3n) is 1.76. The van der Waals surface area contributed by atoms with E-state index in [1.54, 1.807) is 0 Å². The minimum Gasteiger partial charge on any atom is -0.103 e. The lowest BCUT2D eigenvalue weighted by molar-refractivity contribution is 0.697. The number of hydrogen-bond acceptors (Lipinski definition) is 0. The first-order valence-corrected chi connectivity index (χ1v) is 3.80. The van der Waals surface area contributed by atoms with Gasteiger partial charge in [0.1, 0.15) is 0 Å². The quantitative estimate of drug-likeness (QED) is 0.509. The maximum atomic E-state index is 3.71. The standard InChI is InChI=1S/C10H14/c1-3-5-10-7-4-6-9(2)8-10/h3-4,6-7,9H,1,5,8H2,2H3. The molecule has 10 heavy (non-hydrogen) atoms. The van der Waals surface area contributed by atoms with Gasteiger partial charge in [0.05, 0.1) is 0 Å². The minimum absolute atomic E-state index is 0.722. The predicted octanol–water partition coefficient (Wildman–Crippen LogP) is 3.08. The van der Waals surface area contributed by atoms with E-state index in [1.807, 2.05) is 6.08 Å². The van der Waals surface area contributed by atoms with Crippen LogP contribution in [-0.4, -0.2) is 0 Å². The molecule has 0 heteroatoms. The SMILES string of the molecule is C=CCC1=CC=CC(C)C1. The molecular formula is C10H14. The second kappa shape index (κ2) is 3.40. The summed E-state index contributed by atoms with van der Waals surface area (Å²) in [7, 11) is 0. The van der Waals surface area contributed by atoms with E-state index in [1.165, 1.54) is 12.0 Å². The summed E-state index contributed by atoms with van der Waals surface area (Å²) >= 11 is 0. The van der Waals surface area contributed by atoms with E-state index in [0.29, 0.717) is 0 Å². The highest BCUT2D eigenvalue weighted by Gasteiger charge is 2.03. The third-order valence-corrected chi connectivity index (χ3v) is 1.76. The molecule has 0 spiro atoms. The van der Waals surface area contributed by atoms with Crippen molar-refractivity contribution in [2.24, 2.45) is 5.92 Å². The zero-order valence-electron chi connectivity index (χ0n) is 6.51. The van der Waals surface area contributed by atoms with Crippen molar-refractivity contribution in [2.75, 3.05) is 0 Å². The van der Waals surface area contributed by atoms with E-state index < -0.39 is 0 Å². The van der Waals surface area contributed by atoms with Crippen molar-refractivity contribution in [2.45, 2.75) is 19.8 Å². The second-order valence-electron chi connectivity index (χ2n) is 2.88. The molecule has 1 atom stereocenters. The van der Waals surface area contributed by atoms with Crippen LogP contribution in [-0.2, 0) is 0 Å². The Hall–Kier alpha value is -0.780. The molecule has 0 aromatic rings. The fourth-order valence-electron chi connectivity index (χ4n) is 1.27. The van der Waals surface area contributed by atoms with Crippen LogP contribution in [0.1, 0.15) is 19.8 Å². The molecule has 0 nitrogen and oxygen atoms in total. The van der Waals surface area contributed by atoms with Gasteiger partial charge in [-0.25, -0.2) is 0 Å². The Kier molecular flexibility index (Phi) is 2.49. The molecule has 0 amide bonds. The highest BCUT2D eigenvalue weighted by Crippen LogP contribution is 2.20. The van der Waals surface area contributed by atoms with Gasteiger partial charge in [0.15, 0.2) is 0 Å². The van der Waals surface area contributed by atoms with Crippen molar-refractivity contribution >= 4 is 0 Å². The van der Waals surface area contributed by atoms with Crippen LogP contribution in [0.4, 0.5) is 0 Å². The Balaban J connectivity index is 2.52. The highest BCUT2D eigenvalue weighted by molar-refractivity contribution is 5.20. The Morgan fingerprint density at radius 3 is 3.20 bits per heavy atom. The Labute approximate surface area is 62.9 Å². The van der Waals surface area contributed by atoms with Crippen molar-refractivity contribution in [3.05, 3.63) is 36.5 Å². The van der Waals surface area contributed by atoms with Crippen LogP contribution in [0.2, 0.25) is 0 Å². The average molecular weight is 134 g/mol. The normalized spacial score (nSPS) is 24.1. The lowest BCUT2D eigenvalue weighted by atomic mass is 9.94. The number of allylic oxidation sites excluding steroid dienone is 5. The van der Waals surface area contributed by atoms with Gasteiger partial charge in [-0.1, -0.05) is 36.8 Å². The van der Waals surface area contributed by atoms with Gasteiger partial charge in [-0.05, 0) is 18.8 Å². The first-order valence-electron chi connectivity index (χ1n) is 3.80. The van der Waals surface area contributed by atoms with Gasteiger partial charge in [0.2, 0.25) is 0 Å². The lowest BCUT2D eigenvalue weighted by Crippen LogP contribution is -1.96. The maximum Gasteiger partial charge on any atom is -0.0138 e. The van der Waals surface area contributed by atoms with Crippen molar-refractivity contribution in [1.29, 1.82) is 0 Å². The molecule has 1 rings (SSSR count). The molecule has 0 saturated carbocycles. The van der Waals surface area contributed by atoms with E-state index in [2.05, 4.69) is 31.7 Å². The molecule has 54 valence electrons. The van der Waals surface area contributed by atoms with Crippen LogP contribution in [0.3, 0.4) is 0 Å². The largest absolute Gasteiger partial charge is 0.103 e. The third kappa shape index (κ3) is 1.87. The van der Waals surface area contributed by atoms with Crippen molar-refractivity contribution in [3.63, 3.8) is 0 Å². The van der Waals surface area contributed by atoms with Gasteiger partial charge >= 0.3 is 0 Å². The first kappa shape index (κ1) is 7.33. The highest BCUT2D eigenvalue weighted by atomic mass is 14.1. The van der Waals surface area contributed by atoms with Crippen LogP contribution >= 0.6 is 0 Å². The zero-order valence-corrected chi connectivity index (χ0v) is 6.51. The van der Waals surface area contributed by atoms with Crippen LogP contribution in [0, 0.1) is 5.92 Å². The van der Waals surface area contributed by atoms with Gasteiger partial charge < -0.3 is 0 Å². The summed E-state index contributed by atoms with van der Waals surface area (Å²) in [6.45, 7) is 5.96.